The Morgan fingerprint density at radius 3 is 2.63 bits per heavy atom. The molecule has 0 amide bonds. The smallest absolute Gasteiger partial charge is 0.233 e. The van der Waals surface area contributed by atoms with Crippen LogP contribution in [0.4, 0.5) is 0 Å². The maximum Gasteiger partial charge on any atom is 0.233 e. The Hall–Kier alpha value is -1.69. The van der Waals surface area contributed by atoms with E-state index in [0.29, 0.717) is 11.8 Å². The highest BCUT2D eigenvalue weighted by Crippen LogP contribution is 2.25. The van der Waals surface area contributed by atoms with Crippen molar-refractivity contribution < 1.29 is 4.42 Å². The van der Waals surface area contributed by atoms with Crippen LogP contribution in [-0.2, 0) is 13.1 Å². The zero-order valence-electron chi connectivity index (χ0n) is 11.8. The third kappa shape index (κ3) is 2.06. The SMILES string of the molecule is Cc1nnc(C(C)N2CCn3c(nc(C)c3C)C2)o1. The van der Waals surface area contributed by atoms with E-state index in [4.69, 9.17) is 4.42 Å². The topological polar surface area (TPSA) is 60.0 Å². The fourth-order valence-electron chi connectivity index (χ4n) is 2.60. The Kier molecular flexibility index (Phi) is 2.89. The van der Waals surface area contributed by atoms with Gasteiger partial charge in [-0.3, -0.25) is 4.90 Å². The van der Waals surface area contributed by atoms with Gasteiger partial charge < -0.3 is 8.98 Å². The molecule has 1 aliphatic heterocycles. The van der Waals surface area contributed by atoms with Gasteiger partial charge in [0, 0.05) is 25.7 Å². The van der Waals surface area contributed by atoms with Gasteiger partial charge >= 0.3 is 0 Å². The van der Waals surface area contributed by atoms with E-state index in [9.17, 15) is 0 Å². The van der Waals surface area contributed by atoms with Crippen molar-refractivity contribution in [3.8, 4) is 0 Å². The van der Waals surface area contributed by atoms with Crippen molar-refractivity contribution in [2.45, 2.75) is 46.8 Å². The Balaban J connectivity index is 1.82. The van der Waals surface area contributed by atoms with Crippen molar-refractivity contribution >= 4 is 0 Å². The van der Waals surface area contributed by atoms with E-state index in [0.717, 1.165) is 31.2 Å². The third-order valence-electron chi connectivity index (χ3n) is 3.94. The minimum atomic E-state index is 0.132. The first-order valence-electron chi connectivity index (χ1n) is 6.63. The van der Waals surface area contributed by atoms with Crippen LogP contribution in [-0.4, -0.2) is 31.2 Å². The first-order valence-corrected chi connectivity index (χ1v) is 6.63. The first kappa shape index (κ1) is 12.3. The predicted molar refractivity (Wildman–Crippen MR) is 69.6 cm³/mol. The Labute approximate surface area is 112 Å². The fraction of sp³-hybridized carbons (Fsp3) is 0.615. The van der Waals surface area contributed by atoms with Gasteiger partial charge in [-0.05, 0) is 20.8 Å². The van der Waals surface area contributed by atoms with Crippen LogP contribution in [0.1, 0.15) is 42.0 Å². The van der Waals surface area contributed by atoms with Gasteiger partial charge in [0.05, 0.1) is 18.3 Å². The molecule has 1 aliphatic rings. The average Bonchev–Trinajstić information content (AvgIpc) is 2.94. The summed E-state index contributed by atoms with van der Waals surface area (Å²) in [4.78, 5) is 6.96. The molecule has 6 heteroatoms. The molecule has 0 spiro atoms. The molecule has 0 saturated carbocycles. The second kappa shape index (κ2) is 4.45. The zero-order valence-corrected chi connectivity index (χ0v) is 11.8. The Morgan fingerprint density at radius 1 is 1.16 bits per heavy atom. The molecule has 0 aromatic carbocycles. The summed E-state index contributed by atoms with van der Waals surface area (Å²) in [6.45, 7) is 10.9. The van der Waals surface area contributed by atoms with Crippen LogP contribution >= 0.6 is 0 Å². The molecular weight excluding hydrogens is 242 g/mol. The van der Waals surface area contributed by atoms with Gasteiger partial charge in [0.25, 0.3) is 0 Å². The zero-order chi connectivity index (χ0) is 13.6. The standard InChI is InChI=1S/C13H19N5O/c1-8-9(2)18-6-5-17(7-12(18)14-8)10(3)13-16-15-11(4)19-13/h10H,5-7H2,1-4H3. The molecule has 19 heavy (non-hydrogen) atoms. The monoisotopic (exact) mass is 261 g/mol. The van der Waals surface area contributed by atoms with Gasteiger partial charge in [-0.2, -0.15) is 0 Å². The minimum Gasteiger partial charge on any atom is -0.424 e. The van der Waals surface area contributed by atoms with Crippen LogP contribution in [0.2, 0.25) is 0 Å². The number of imidazole rings is 1. The van der Waals surface area contributed by atoms with E-state index >= 15 is 0 Å². The molecule has 3 rings (SSSR count). The number of aryl methyl sites for hydroxylation is 2. The van der Waals surface area contributed by atoms with Crippen molar-refractivity contribution in [3.63, 3.8) is 0 Å². The lowest BCUT2D eigenvalue weighted by Gasteiger charge is -2.31. The van der Waals surface area contributed by atoms with Gasteiger partial charge in [-0.15, -0.1) is 10.2 Å². The Bertz CT molecular complexity index is 600. The molecule has 3 heterocycles. The maximum atomic E-state index is 5.52. The molecule has 0 radical (unpaired) electrons. The number of rotatable bonds is 2. The molecule has 0 saturated heterocycles. The molecule has 2 aromatic rings. The summed E-state index contributed by atoms with van der Waals surface area (Å²) in [7, 11) is 0. The lowest BCUT2D eigenvalue weighted by molar-refractivity contribution is 0.141. The van der Waals surface area contributed by atoms with Crippen LogP contribution in [0.25, 0.3) is 0 Å². The van der Waals surface area contributed by atoms with Crippen LogP contribution in [0.3, 0.4) is 0 Å². The molecule has 0 aliphatic carbocycles. The average molecular weight is 261 g/mol. The number of aromatic nitrogens is 4. The second-order valence-corrected chi connectivity index (χ2v) is 5.16. The second-order valence-electron chi connectivity index (χ2n) is 5.16. The minimum absolute atomic E-state index is 0.132. The molecule has 1 atom stereocenters. The largest absolute Gasteiger partial charge is 0.424 e. The van der Waals surface area contributed by atoms with Crippen molar-refractivity contribution in [2.75, 3.05) is 6.54 Å². The van der Waals surface area contributed by atoms with Gasteiger partial charge in [0.1, 0.15) is 5.82 Å². The van der Waals surface area contributed by atoms with E-state index < -0.39 is 0 Å². The summed E-state index contributed by atoms with van der Waals surface area (Å²) >= 11 is 0. The highest BCUT2D eigenvalue weighted by atomic mass is 16.4. The summed E-state index contributed by atoms with van der Waals surface area (Å²) < 4.78 is 7.83. The number of hydrogen-bond acceptors (Lipinski definition) is 5. The maximum absolute atomic E-state index is 5.52. The summed E-state index contributed by atoms with van der Waals surface area (Å²) in [6.07, 6.45) is 0. The van der Waals surface area contributed by atoms with E-state index in [1.807, 2.05) is 6.92 Å². The fourth-order valence-corrected chi connectivity index (χ4v) is 2.60. The molecule has 102 valence electrons. The van der Waals surface area contributed by atoms with Crippen molar-refractivity contribution in [2.24, 2.45) is 0 Å². The first-order chi connectivity index (χ1) is 9.06. The summed E-state index contributed by atoms with van der Waals surface area (Å²) in [5.74, 6) is 2.43. The predicted octanol–water partition coefficient (Wildman–Crippen LogP) is 1.77. The van der Waals surface area contributed by atoms with Crippen LogP contribution in [0, 0.1) is 20.8 Å². The molecule has 6 nitrogen and oxygen atoms in total. The summed E-state index contributed by atoms with van der Waals surface area (Å²) in [6, 6.07) is 0.132. The molecule has 0 fully saturated rings. The summed E-state index contributed by atoms with van der Waals surface area (Å²) in [5, 5.41) is 8.01. The molecular formula is C13H19N5O. The third-order valence-corrected chi connectivity index (χ3v) is 3.94. The van der Waals surface area contributed by atoms with E-state index in [-0.39, 0.29) is 6.04 Å². The van der Waals surface area contributed by atoms with Crippen molar-refractivity contribution in [1.82, 2.24) is 24.6 Å². The van der Waals surface area contributed by atoms with Gasteiger partial charge in [-0.25, -0.2) is 4.98 Å². The molecule has 0 bridgehead atoms. The van der Waals surface area contributed by atoms with Gasteiger partial charge in [0.15, 0.2) is 0 Å². The van der Waals surface area contributed by atoms with Crippen LogP contribution in [0.15, 0.2) is 4.42 Å². The van der Waals surface area contributed by atoms with Crippen molar-refractivity contribution in [1.29, 1.82) is 0 Å². The van der Waals surface area contributed by atoms with Crippen LogP contribution in [0.5, 0.6) is 0 Å². The lowest BCUT2D eigenvalue weighted by Crippen LogP contribution is -2.36. The number of fused-ring (bicyclic) bond motifs is 1. The van der Waals surface area contributed by atoms with Crippen molar-refractivity contribution in [3.05, 3.63) is 29.0 Å². The van der Waals surface area contributed by atoms with Crippen LogP contribution < -0.4 is 0 Å². The number of hydrogen-bond donors (Lipinski definition) is 0. The van der Waals surface area contributed by atoms with Gasteiger partial charge in [0.2, 0.25) is 11.8 Å². The molecule has 1 unspecified atom stereocenters. The number of nitrogens with zero attached hydrogens (tertiary/aromatic N) is 5. The normalized spacial score (nSPS) is 17.5. The Morgan fingerprint density at radius 2 is 1.95 bits per heavy atom. The quantitative estimate of drug-likeness (QED) is 0.824. The van der Waals surface area contributed by atoms with E-state index in [1.165, 1.54) is 5.69 Å². The van der Waals surface area contributed by atoms with E-state index in [2.05, 4.69) is 45.4 Å². The highest BCUT2D eigenvalue weighted by Gasteiger charge is 2.27. The molecule has 2 aromatic heterocycles. The molecule has 0 N–H and O–H groups in total. The lowest BCUT2D eigenvalue weighted by atomic mass is 10.2. The van der Waals surface area contributed by atoms with Gasteiger partial charge in [-0.1, -0.05) is 0 Å². The summed E-state index contributed by atoms with van der Waals surface area (Å²) in [5.41, 5.74) is 2.40. The highest BCUT2D eigenvalue weighted by molar-refractivity contribution is 5.15. The van der Waals surface area contributed by atoms with E-state index in [1.54, 1.807) is 0 Å².